The molecular formula is C29H51NOS. The number of rotatable bonds is 11. The maximum absolute atomic E-state index is 10.3. The van der Waals surface area contributed by atoms with E-state index in [1.807, 2.05) is 56.0 Å². The number of anilines is 1. The van der Waals surface area contributed by atoms with Crippen molar-refractivity contribution in [3.63, 3.8) is 0 Å². The van der Waals surface area contributed by atoms with Crippen LogP contribution < -0.4 is 4.90 Å². The van der Waals surface area contributed by atoms with Crippen LogP contribution in [0.2, 0.25) is 0 Å². The Morgan fingerprint density at radius 2 is 1.69 bits per heavy atom. The Morgan fingerprint density at radius 3 is 2.16 bits per heavy atom. The Kier molecular flexibility index (Phi) is 19.4. The van der Waals surface area contributed by atoms with E-state index in [2.05, 4.69) is 45.6 Å². The molecule has 0 aromatic heterocycles. The summed E-state index contributed by atoms with van der Waals surface area (Å²) in [7, 11) is 0. The molecule has 1 atom stereocenters. The molecule has 1 aromatic carbocycles. The number of hydrogen-bond acceptors (Lipinski definition) is 3. The normalized spacial score (nSPS) is 15.5. The molecule has 0 heterocycles. The molecule has 0 aliphatic heterocycles. The summed E-state index contributed by atoms with van der Waals surface area (Å²) >= 11 is 4.40. The largest absolute Gasteiger partial charge is 0.495 e. The van der Waals surface area contributed by atoms with Crippen LogP contribution in [0.1, 0.15) is 106 Å². The molecular weight excluding hydrogens is 410 g/mol. The van der Waals surface area contributed by atoms with Crippen molar-refractivity contribution in [2.75, 3.05) is 11.4 Å². The summed E-state index contributed by atoms with van der Waals surface area (Å²) in [6.45, 7) is 13.8. The van der Waals surface area contributed by atoms with Gasteiger partial charge in [0.1, 0.15) is 0 Å². The van der Waals surface area contributed by atoms with Crippen LogP contribution in [-0.4, -0.2) is 11.7 Å². The predicted molar refractivity (Wildman–Crippen MR) is 148 cm³/mol. The van der Waals surface area contributed by atoms with E-state index >= 15 is 0 Å². The lowest BCUT2D eigenvalue weighted by Crippen LogP contribution is -2.29. The first-order valence-corrected chi connectivity index (χ1v) is 13.6. The van der Waals surface area contributed by atoms with E-state index in [1.54, 1.807) is 0 Å². The van der Waals surface area contributed by atoms with Gasteiger partial charge in [-0.3, -0.25) is 0 Å². The zero-order valence-corrected chi connectivity index (χ0v) is 22.7. The fourth-order valence-electron chi connectivity index (χ4n) is 4.22. The second kappa shape index (κ2) is 20.3. The minimum absolute atomic E-state index is 0.348. The standard InChI is InChI=1S/C17H23NOS.C10H22.C2H6/c1-2-7-17(19)18(13-14-8-4-3-5-9-14)15-10-6-11-16(20)12-15;1-4-7-10(8-5-2)9-6-3;1-2/h3-4,6-7,10-12,14,19-20H,2,5,8-9,13H2,1H3;10H,4-9H2,1-3H3;1-2H3/b17-7+;;. The van der Waals surface area contributed by atoms with Crippen LogP contribution in [0.3, 0.4) is 0 Å². The van der Waals surface area contributed by atoms with Gasteiger partial charge in [-0.05, 0) is 61.8 Å². The van der Waals surface area contributed by atoms with Gasteiger partial charge in [0, 0.05) is 17.1 Å². The first kappa shape index (κ1) is 30.6. The highest BCUT2D eigenvalue weighted by molar-refractivity contribution is 7.80. The predicted octanol–water partition coefficient (Wildman–Crippen LogP) is 9.98. The van der Waals surface area contributed by atoms with Gasteiger partial charge in [0.2, 0.25) is 0 Å². The van der Waals surface area contributed by atoms with Crippen molar-refractivity contribution in [1.82, 2.24) is 0 Å². The third-order valence-corrected chi connectivity index (χ3v) is 5.99. The molecule has 3 heteroatoms. The Bertz CT molecular complexity index is 611. The van der Waals surface area contributed by atoms with Gasteiger partial charge in [-0.15, -0.1) is 12.6 Å². The Labute approximate surface area is 205 Å². The molecule has 0 radical (unpaired) electrons. The lowest BCUT2D eigenvalue weighted by Gasteiger charge is -2.29. The molecule has 1 aromatic rings. The number of allylic oxidation sites excluding steroid dienone is 3. The van der Waals surface area contributed by atoms with Crippen LogP contribution in [0.15, 0.2) is 53.3 Å². The van der Waals surface area contributed by atoms with E-state index in [9.17, 15) is 5.11 Å². The van der Waals surface area contributed by atoms with E-state index in [-0.39, 0.29) is 0 Å². The van der Waals surface area contributed by atoms with Crippen molar-refractivity contribution in [3.05, 3.63) is 48.4 Å². The van der Waals surface area contributed by atoms with Gasteiger partial charge in [0.05, 0.1) is 0 Å². The third kappa shape index (κ3) is 13.3. The van der Waals surface area contributed by atoms with Crippen LogP contribution in [0, 0.1) is 11.8 Å². The van der Waals surface area contributed by atoms with E-state index in [0.717, 1.165) is 42.3 Å². The summed E-state index contributed by atoms with van der Waals surface area (Å²) in [5.41, 5.74) is 1.01. The van der Waals surface area contributed by atoms with E-state index in [4.69, 9.17) is 0 Å². The molecule has 0 amide bonds. The summed E-state index contributed by atoms with van der Waals surface area (Å²) in [4.78, 5) is 2.92. The molecule has 1 N–H and O–H groups in total. The molecule has 2 nitrogen and oxygen atoms in total. The van der Waals surface area contributed by atoms with Crippen LogP contribution in [0.4, 0.5) is 5.69 Å². The maximum atomic E-state index is 10.3. The average Bonchev–Trinajstić information content (AvgIpc) is 2.81. The summed E-state index contributed by atoms with van der Waals surface area (Å²) in [6, 6.07) is 7.96. The SMILES string of the molecule is CC.CC/C=C(/O)N(CC1CC=CCC1)c1cccc(S)c1.CCCC(CCC)CCC. The topological polar surface area (TPSA) is 23.5 Å². The molecule has 0 saturated heterocycles. The smallest absolute Gasteiger partial charge is 0.187 e. The minimum Gasteiger partial charge on any atom is -0.495 e. The number of thiol groups is 1. The van der Waals surface area contributed by atoms with Gasteiger partial charge in [0.15, 0.2) is 5.88 Å². The second-order valence-electron chi connectivity index (χ2n) is 8.48. The molecule has 184 valence electrons. The fraction of sp³-hybridized carbons (Fsp3) is 0.655. The number of aliphatic hydroxyl groups is 1. The molecule has 1 aliphatic carbocycles. The zero-order valence-electron chi connectivity index (χ0n) is 21.8. The van der Waals surface area contributed by atoms with Gasteiger partial charge >= 0.3 is 0 Å². The summed E-state index contributed by atoms with van der Waals surface area (Å²) in [6.07, 6.45) is 19.0. The molecule has 2 rings (SSSR count). The summed E-state index contributed by atoms with van der Waals surface area (Å²) < 4.78 is 0. The number of nitrogens with zero attached hydrogens (tertiary/aromatic N) is 1. The van der Waals surface area contributed by atoms with Crippen LogP contribution in [0.25, 0.3) is 0 Å². The Hall–Kier alpha value is -1.35. The Morgan fingerprint density at radius 1 is 1.06 bits per heavy atom. The molecule has 0 spiro atoms. The van der Waals surface area contributed by atoms with Gasteiger partial charge in [-0.1, -0.05) is 98.3 Å². The van der Waals surface area contributed by atoms with Crippen molar-refractivity contribution < 1.29 is 5.11 Å². The zero-order chi connectivity index (χ0) is 24.2. The Balaban J connectivity index is 0.000000680. The molecule has 0 saturated carbocycles. The van der Waals surface area contributed by atoms with E-state index in [0.29, 0.717) is 11.8 Å². The van der Waals surface area contributed by atoms with E-state index < -0.39 is 0 Å². The quantitative estimate of drug-likeness (QED) is 0.194. The summed E-state index contributed by atoms with van der Waals surface area (Å²) in [5, 5.41) is 10.3. The maximum Gasteiger partial charge on any atom is 0.187 e. The average molecular weight is 462 g/mol. The molecule has 0 fully saturated rings. The second-order valence-corrected chi connectivity index (χ2v) is 9.00. The highest BCUT2D eigenvalue weighted by Gasteiger charge is 2.18. The van der Waals surface area contributed by atoms with Crippen LogP contribution in [0.5, 0.6) is 0 Å². The minimum atomic E-state index is 0.348. The molecule has 0 bridgehead atoms. The highest BCUT2D eigenvalue weighted by Crippen LogP contribution is 2.26. The van der Waals surface area contributed by atoms with Gasteiger partial charge in [-0.2, -0.15) is 0 Å². The molecule has 32 heavy (non-hydrogen) atoms. The number of benzene rings is 1. The first-order chi connectivity index (χ1) is 15.5. The van der Waals surface area contributed by atoms with E-state index in [1.165, 1.54) is 44.9 Å². The van der Waals surface area contributed by atoms with Crippen molar-refractivity contribution in [3.8, 4) is 0 Å². The van der Waals surface area contributed by atoms with Crippen molar-refractivity contribution >= 4 is 18.3 Å². The summed E-state index contributed by atoms with van der Waals surface area (Å²) in [5.74, 6) is 1.97. The van der Waals surface area contributed by atoms with Crippen molar-refractivity contribution in [1.29, 1.82) is 0 Å². The van der Waals surface area contributed by atoms with Gasteiger partial charge < -0.3 is 10.0 Å². The lowest BCUT2D eigenvalue weighted by molar-refractivity contribution is 0.367. The van der Waals surface area contributed by atoms with Crippen LogP contribution >= 0.6 is 12.6 Å². The highest BCUT2D eigenvalue weighted by atomic mass is 32.1. The number of aliphatic hydroxyl groups excluding tert-OH is 1. The first-order valence-electron chi connectivity index (χ1n) is 13.2. The number of hydrogen-bond donors (Lipinski definition) is 2. The van der Waals surface area contributed by atoms with Crippen molar-refractivity contribution in [2.45, 2.75) is 111 Å². The fourth-order valence-corrected chi connectivity index (χ4v) is 4.44. The van der Waals surface area contributed by atoms with Gasteiger partial charge in [-0.25, -0.2) is 0 Å². The van der Waals surface area contributed by atoms with Crippen LogP contribution in [-0.2, 0) is 0 Å². The molecule has 1 aliphatic rings. The lowest BCUT2D eigenvalue weighted by atomic mass is 9.94. The van der Waals surface area contributed by atoms with Gasteiger partial charge in [0.25, 0.3) is 0 Å². The monoisotopic (exact) mass is 461 g/mol. The third-order valence-electron chi connectivity index (χ3n) is 5.71. The molecule has 1 unspecified atom stereocenters. The van der Waals surface area contributed by atoms with Crippen molar-refractivity contribution in [2.24, 2.45) is 11.8 Å².